The average Bonchev–Trinajstić information content (AvgIpc) is 2.72. The van der Waals surface area contributed by atoms with Crippen molar-refractivity contribution in [3.63, 3.8) is 0 Å². The van der Waals surface area contributed by atoms with Gasteiger partial charge in [0, 0.05) is 12.6 Å². The van der Waals surface area contributed by atoms with Gasteiger partial charge in [0.15, 0.2) is 0 Å². The Hall–Kier alpha value is -2.58. The molecule has 0 N–H and O–H groups in total. The highest BCUT2D eigenvalue weighted by Gasteiger charge is 2.27. The number of nitrogens with zero attached hydrogens (tertiary/aromatic N) is 1. The van der Waals surface area contributed by atoms with Gasteiger partial charge in [0.1, 0.15) is 18.0 Å². The van der Waals surface area contributed by atoms with Crippen molar-refractivity contribution in [1.29, 1.82) is 0 Å². The van der Waals surface area contributed by atoms with Gasteiger partial charge in [-0.2, -0.15) is 4.31 Å². The first kappa shape index (κ1) is 22.7. The summed E-state index contributed by atoms with van der Waals surface area (Å²) in [5.74, 6) is 0.677. The van der Waals surface area contributed by atoms with Crippen LogP contribution in [0.1, 0.15) is 30.9 Å². The van der Waals surface area contributed by atoms with Crippen molar-refractivity contribution in [1.82, 2.24) is 4.31 Å². The number of hydrogen-bond donors (Lipinski definition) is 0. The van der Waals surface area contributed by atoms with E-state index in [0.29, 0.717) is 17.1 Å². The molecule has 7 nitrogen and oxygen atoms in total. The Labute approximate surface area is 172 Å². The Morgan fingerprint density at radius 1 is 0.966 bits per heavy atom. The van der Waals surface area contributed by atoms with Crippen molar-refractivity contribution in [2.45, 2.75) is 31.2 Å². The van der Waals surface area contributed by atoms with Gasteiger partial charge in [0.25, 0.3) is 0 Å². The van der Waals surface area contributed by atoms with Gasteiger partial charge in [-0.15, -0.1) is 0 Å². The quantitative estimate of drug-likeness (QED) is 0.579. The van der Waals surface area contributed by atoms with Gasteiger partial charge in [-0.1, -0.05) is 26.0 Å². The van der Waals surface area contributed by atoms with Crippen LogP contribution in [0.25, 0.3) is 0 Å². The Morgan fingerprint density at radius 3 is 1.97 bits per heavy atom. The van der Waals surface area contributed by atoms with E-state index in [9.17, 15) is 13.2 Å². The fourth-order valence-electron chi connectivity index (χ4n) is 2.77. The minimum atomic E-state index is -3.94. The molecule has 0 fully saturated rings. The predicted octanol–water partition coefficient (Wildman–Crippen LogP) is 3.19. The molecule has 0 aliphatic heterocycles. The van der Waals surface area contributed by atoms with Gasteiger partial charge in [-0.3, -0.25) is 4.79 Å². The van der Waals surface area contributed by atoms with E-state index in [1.165, 1.54) is 21.3 Å². The molecule has 0 aliphatic rings. The van der Waals surface area contributed by atoms with Gasteiger partial charge >= 0.3 is 5.97 Å². The summed E-state index contributed by atoms with van der Waals surface area (Å²) in [6.45, 7) is 3.60. The van der Waals surface area contributed by atoms with Crippen LogP contribution in [0.4, 0.5) is 0 Å². The summed E-state index contributed by atoms with van der Waals surface area (Å²) in [5, 5.41) is 0. The summed E-state index contributed by atoms with van der Waals surface area (Å²) >= 11 is 0. The van der Waals surface area contributed by atoms with E-state index in [-0.39, 0.29) is 17.4 Å². The number of carbonyl (C=O) groups excluding carboxylic acids is 1. The van der Waals surface area contributed by atoms with E-state index in [2.05, 4.69) is 0 Å². The minimum Gasteiger partial charge on any atom is -0.497 e. The number of sulfonamides is 1. The maximum absolute atomic E-state index is 13.2. The summed E-state index contributed by atoms with van der Waals surface area (Å²) in [7, 11) is 0.310. The number of methoxy groups -OCH3 is 3. The van der Waals surface area contributed by atoms with Gasteiger partial charge in [0.2, 0.25) is 10.0 Å². The lowest BCUT2D eigenvalue weighted by Crippen LogP contribution is -2.35. The van der Waals surface area contributed by atoms with Crippen molar-refractivity contribution >= 4 is 16.0 Å². The molecule has 2 aromatic carbocycles. The maximum Gasteiger partial charge on any atom is 0.321 e. The zero-order valence-corrected chi connectivity index (χ0v) is 18.2. The van der Waals surface area contributed by atoms with Crippen molar-refractivity contribution in [2.75, 3.05) is 27.9 Å². The smallest absolute Gasteiger partial charge is 0.321 e. The topological polar surface area (TPSA) is 82.1 Å². The number of rotatable bonds is 9. The molecule has 8 heteroatoms. The zero-order valence-electron chi connectivity index (χ0n) is 17.3. The van der Waals surface area contributed by atoms with Crippen molar-refractivity contribution < 1.29 is 27.4 Å². The molecule has 158 valence electrons. The molecule has 0 saturated heterocycles. The standard InChI is InChI=1S/C21H27NO6S/c1-15(2)17-6-8-20(9-7-17)29(24,25)22(14-21(23)28-5)13-16-10-18(26-3)12-19(11-16)27-4/h6-12,15H,13-14H2,1-5H3. The normalized spacial score (nSPS) is 11.6. The number of hydrogen-bond acceptors (Lipinski definition) is 6. The molecule has 29 heavy (non-hydrogen) atoms. The maximum atomic E-state index is 13.2. The molecular weight excluding hydrogens is 394 g/mol. The lowest BCUT2D eigenvalue weighted by atomic mass is 10.0. The highest BCUT2D eigenvalue weighted by molar-refractivity contribution is 7.89. The highest BCUT2D eigenvalue weighted by atomic mass is 32.2. The lowest BCUT2D eigenvalue weighted by Gasteiger charge is -2.22. The van der Waals surface area contributed by atoms with Crippen LogP contribution in [-0.4, -0.2) is 46.6 Å². The summed E-state index contributed by atoms with van der Waals surface area (Å²) in [6.07, 6.45) is 0. The second-order valence-corrected chi connectivity index (χ2v) is 8.73. The van der Waals surface area contributed by atoms with E-state index in [1.807, 2.05) is 13.8 Å². The third-order valence-corrected chi connectivity index (χ3v) is 6.29. The molecule has 2 rings (SSSR count). The first-order valence-electron chi connectivity index (χ1n) is 9.10. The number of benzene rings is 2. The third kappa shape index (κ3) is 5.71. The summed E-state index contributed by atoms with van der Waals surface area (Å²) in [6, 6.07) is 11.8. The molecule has 0 bridgehead atoms. The Kier molecular flexibility index (Phi) is 7.64. The molecule has 0 unspecified atom stereocenters. The largest absolute Gasteiger partial charge is 0.497 e. The van der Waals surface area contributed by atoms with E-state index in [1.54, 1.807) is 42.5 Å². The first-order valence-corrected chi connectivity index (χ1v) is 10.5. The summed E-state index contributed by atoms with van der Waals surface area (Å²) < 4.78 is 42.7. The predicted molar refractivity (Wildman–Crippen MR) is 110 cm³/mol. The molecule has 0 heterocycles. The van der Waals surface area contributed by atoms with E-state index in [4.69, 9.17) is 14.2 Å². The fraction of sp³-hybridized carbons (Fsp3) is 0.381. The highest BCUT2D eigenvalue weighted by Crippen LogP contribution is 2.26. The van der Waals surface area contributed by atoms with Crippen LogP contribution in [0.15, 0.2) is 47.4 Å². The molecule has 0 radical (unpaired) electrons. The average molecular weight is 422 g/mol. The lowest BCUT2D eigenvalue weighted by molar-refractivity contribution is -0.140. The molecule has 0 amide bonds. The first-order chi connectivity index (χ1) is 13.7. The molecule has 0 atom stereocenters. The molecule has 2 aromatic rings. The van der Waals surface area contributed by atoms with Crippen LogP contribution in [-0.2, 0) is 26.1 Å². The van der Waals surface area contributed by atoms with Gasteiger partial charge in [-0.25, -0.2) is 8.42 Å². The molecule has 0 aliphatic carbocycles. The third-order valence-electron chi connectivity index (χ3n) is 4.49. The molecular formula is C21H27NO6S. The zero-order chi connectivity index (χ0) is 21.6. The van der Waals surface area contributed by atoms with Gasteiger partial charge < -0.3 is 14.2 Å². The van der Waals surface area contributed by atoms with Crippen LogP contribution in [0, 0.1) is 0 Å². The van der Waals surface area contributed by atoms with Crippen LogP contribution >= 0.6 is 0 Å². The van der Waals surface area contributed by atoms with Crippen molar-refractivity contribution in [3.8, 4) is 11.5 Å². The van der Waals surface area contributed by atoms with Crippen molar-refractivity contribution in [3.05, 3.63) is 53.6 Å². The second-order valence-electron chi connectivity index (χ2n) is 6.79. The fourth-order valence-corrected chi connectivity index (χ4v) is 4.14. The number of esters is 1. The number of ether oxygens (including phenoxy) is 3. The Balaban J connectivity index is 2.42. The molecule has 0 saturated carbocycles. The van der Waals surface area contributed by atoms with Crippen LogP contribution in [0.5, 0.6) is 11.5 Å². The minimum absolute atomic E-state index is 0.0447. The Bertz CT molecular complexity index is 916. The van der Waals surface area contributed by atoms with Gasteiger partial charge in [-0.05, 0) is 41.3 Å². The van der Waals surface area contributed by atoms with E-state index >= 15 is 0 Å². The van der Waals surface area contributed by atoms with Gasteiger partial charge in [0.05, 0.1) is 26.2 Å². The van der Waals surface area contributed by atoms with Crippen LogP contribution in [0.3, 0.4) is 0 Å². The Morgan fingerprint density at radius 2 is 1.52 bits per heavy atom. The van der Waals surface area contributed by atoms with Crippen molar-refractivity contribution in [2.24, 2.45) is 0 Å². The number of carbonyl (C=O) groups is 1. The second kappa shape index (κ2) is 9.76. The summed E-state index contributed by atoms with van der Waals surface area (Å²) in [4.78, 5) is 12.0. The monoisotopic (exact) mass is 421 g/mol. The van der Waals surface area contributed by atoms with Crippen LogP contribution in [0.2, 0.25) is 0 Å². The van der Waals surface area contributed by atoms with Crippen LogP contribution < -0.4 is 9.47 Å². The molecule has 0 aromatic heterocycles. The SMILES string of the molecule is COC(=O)CN(Cc1cc(OC)cc(OC)c1)S(=O)(=O)c1ccc(C(C)C)cc1. The summed E-state index contributed by atoms with van der Waals surface area (Å²) in [5.41, 5.74) is 1.65. The molecule has 0 spiro atoms. The van der Waals surface area contributed by atoms with E-state index in [0.717, 1.165) is 9.87 Å². The van der Waals surface area contributed by atoms with E-state index < -0.39 is 22.5 Å².